The van der Waals surface area contributed by atoms with Crippen molar-refractivity contribution in [2.75, 3.05) is 0 Å². The lowest BCUT2D eigenvalue weighted by atomic mass is 9.71. The van der Waals surface area contributed by atoms with Gasteiger partial charge < -0.3 is 0 Å². The Hall–Kier alpha value is -0.520. The van der Waals surface area contributed by atoms with Crippen molar-refractivity contribution in [3.63, 3.8) is 0 Å². The van der Waals surface area contributed by atoms with Gasteiger partial charge in [-0.3, -0.25) is 0 Å². The van der Waals surface area contributed by atoms with Gasteiger partial charge in [-0.05, 0) is 24.7 Å². The Morgan fingerprint density at radius 2 is 0.750 bits per heavy atom. The second kappa shape index (κ2) is 8.61. The molecule has 0 aromatic rings. The molecule has 0 N–H and O–H groups in total. The van der Waals surface area contributed by atoms with Crippen molar-refractivity contribution in [3.8, 4) is 0 Å². The summed E-state index contributed by atoms with van der Waals surface area (Å²) in [4.78, 5) is 0. The zero-order valence-corrected chi connectivity index (χ0v) is 11.4. The molecule has 16 heavy (non-hydrogen) atoms. The van der Waals surface area contributed by atoms with Crippen LogP contribution in [0, 0.1) is 10.8 Å². The molecule has 0 aliphatic rings. The summed E-state index contributed by atoms with van der Waals surface area (Å²) < 4.78 is 0. The van der Waals surface area contributed by atoms with E-state index in [0.29, 0.717) is 10.8 Å². The SMILES string of the molecule is C.C.C=C(C)C(=C)C.CC(C)(C)C(C)(C)C. The Balaban J connectivity index is -0.0000000825. The molecule has 0 aliphatic carbocycles. The van der Waals surface area contributed by atoms with Gasteiger partial charge in [0, 0.05) is 0 Å². The Morgan fingerprint density at radius 1 is 0.625 bits per heavy atom. The van der Waals surface area contributed by atoms with E-state index in [1.807, 2.05) is 13.8 Å². The summed E-state index contributed by atoms with van der Waals surface area (Å²) in [6.45, 7) is 24.8. The van der Waals surface area contributed by atoms with Gasteiger partial charge in [0.25, 0.3) is 0 Å². The van der Waals surface area contributed by atoms with Crippen LogP contribution in [0.15, 0.2) is 24.3 Å². The molecule has 0 aromatic heterocycles. The van der Waals surface area contributed by atoms with Crippen LogP contribution in [0.5, 0.6) is 0 Å². The van der Waals surface area contributed by atoms with Crippen LogP contribution in [0.3, 0.4) is 0 Å². The average molecular weight is 228 g/mol. The summed E-state index contributed by atoms with van der Waals surface area (Å²) >= 11 is 0. The summed E-state index contributed by atoms with van der Waals surface area (Å²) in [5.74, 6) is 0. The van der Waals surface area contributed by atoms with Crippen molar-refractivity contribution in [1.82, 2.24) is 0 Å². The highest BCUT2D eigenvalue weighted by Gasteiger charge is 2.26. The maximum absolute atomic E-state index is 3.66. The molecule has 0 rings (SSSR count). The zero-order chi connectivity index (χ0) is 12.2. The summed E-state index contributed by atoms with van der Waals surface area (Å²) in [6, 6.07) is 0. The zero-order valence-electron chi connectivity index (χ0n) is 11.4. The molecule has 0 saturated heterocycles. The molecule has 0 fully saturated rings. The maximum atomic E-state index is 3.66. The van der Waals surface area contributed by atoms with E-state index in [0.717, 1.165) is 11.1 Å². The standard InChI is InChI=1S/C8H18.C6H10.2CH4/c1-7(2,3)8(4,5)6;1-5(2)6(3)4;;/h1-6H3;1,3H2,2,4H3;2*1H4. The first-order chi connectivity index (χ1) is 5.89. The third-order valence-corrected chi connectivity index (χ3v) is 2.98. The smallest absolute Gasteiger partial charge is 0.0334 e. The molecule has 0 saturated carbocycles. The van der Waals surface area contributed by atoms with Crippen molar-refractivity contribution in [3.05, 3.63) is 24.3 Å². The average Bonchev–Trinajstić information content (AvgIpc) is 1.83. The van der Waals surface area contributed by atoms with E-state index in [-0.39, 0.29) is 14.9 Å². The van der Waals surface area contributed by atoms with Gasteiger partial charge in [-0.1, -0.05) is 80.7 Å². The number of hydrogen-bond acceptors (Lipinski definition) is 0. The van der Waals surface area contributed by atoms with E-state index in [1.165, 1.54) is 0 Å². The summed E-state index contributed by atoms with van der Waals surface area (Å²) in [6.07, 6.45) is 0. The topological polar surface area (TPSA) is 0 Å². The molecule has 0 nitrogen and oxygen atoms in total. The minimum atomic E-state index is 0. The van der Waals surface area contributed by atoms with Crippen LogP contribution in [-0.4, -0.2) is 0 Å². The van der Waals surface area contributed by atoms with Gasteiger partial charge in [0.2, 0.25) is 0 Å². The van der Waals surface area contributed by atoms with Crippen LogP contribution in [0.4, 0.5) is 0 Å². The van der Waals surface area contributed by atoms with E-state index >= 15 is 0 Å². The summed E-state index contributed by atoms with van der Waals surface area (Å²) in [5.41, 5.74) is 3.00. The van der Waals surface area contributed by atoms with Crippen molar-refractivity contribution >= 4 is 0 Å². The van der Waals surface area contributed by atoms with E-state index in [4.69, 9.17) is 0 Å². The monoisotopic (exact) mass is 228 g/mol. The molecule has 0 radical (unpaired) electrons. The van der Waals surface area contributed by atoms with Crippen molar-refractivity contribution < 1.29 is 0 Å². The van der Waals surface area contributed by atoms with Crippen LogP contribution in [0.25, 0.3) is 0 Å². The van der Waals surface area contributed by atoms with E-state index in [9.17, 15) is 0 Å². The van der Waals surface area contributed by atoms with Gasteiger partial charge in [0.15, 0.2) is 0 Å². The van der Waals surface area contributed by atoms with Crippen LogP contribution in [-0.2, 0) is 0 Å². The highest BCUT2D eigenvalue weighted by atomic mass is 14.3. The van der Waals surface area contributed by atoms with Crippen molar-refractivity contribution in [2.45, 2.75) is 70.2 Å². The van der Waals surface area contributed by atoms with Gasteiger partial charge in [0.05, 0.1) is 0 Å². The molecule has 0 aliphatic heterocycles. The van der Waals surface area contributed by atoms with Crippen LogP contribution in [0.2, 0.25) is 0 Å². The first-order valence-corrected chi connectivity index (χ1v) is 5.21. The van der Waals surface area contributed by atoms with E-state index < -0.39 is 0 Å². The van der Waals surface area contributed by atoms with E-state index in [2.05, 4.69) is 54.7 Å². The van der Waals surface area contributed by atoms with Crippen molar-refractivity contribution in [2.24, 2.45) is 10.8 Å². The Labute approximate surface area is 106 Å². The lowest BCUT2D eigenvalue weighted by Crippen LogP contribution is -2.25. The minimum absolute atomic E-state index is 0. The largest absolute Gasteiger partial charge is 0.0959 e. The van der Waals surface area contributed by atoms with Gasteiger partial charge in [-0.15, -0.1) is 0 Å². The lowest BCUT2D eigenvalue weighted by molar-refractivity contribution is 0.157. The molecular formula is C16H36. The van der Waals surface area contributed by atoms with Crippen LogP contribution in [0.1, 0.15) is 70.2 Å². The fourth-order valence-electron chi connectivity index (χ4n) is 0. The molecule has 0 unspecified atom stereocenters. The second-order valence-corrected chi connectivity index (χ2v) is 6.06. The van der Waals surface area contributed by atoms with Crippen molar-refractivity contribution in [1.29, 1.82) is 0 Å². The highest BCUT2D eigenvalue weighted by Crippen LogP contribution is 2.36. The predicted molar refractivity (Wildman–Crippen MR) is 82.0 cm³/mol. The van der Waals surface area contributed by atoms with Gasteiger partial charge in [-0.25, -0.2) is 0 Å². The third kappa shape index (κ3) is 13.5. The molecule has 0 heterocycles. The second-order valence-electron chi connectivity index (χ2n) is 6.06. The molecule has 0 aromatic carbocycles. The molecular weight excluding hydrogens is 192 g/mol. The fourth-order valence-corrected chi connectivity index (χ4v) is 0. The minimum Gasteiger partial charge on any atom is -0.0959 e. The van der Waals surface area contributed by atoms with Crippen LogP contribution < -0.4 is 0 Å². The molecule has 0 bridgehead atoms. The summed E-state index contributed by atoms with van der Waals surface area (Å²) in [5, 5.41) is 0. The molecule has 100 valence electrons. The van der Waals surface area contributed by atoms with Gasteiger partial charge >= 0.3 is 0 Å². The quantitative estimate of drug-likeness (QED) is 0.450. The third-order valence-electron chi connectivity index (χ3n) is 2.98. The number of allylic oxidation sites excluding steroid dienone is 2. The molecule has 0 amide bonds. The molecule has 0 spiro atoms. The first kappa shape index (κ1) is 24.6. The first-order valence-electron chi connectivity index (χ1n) is 5.21. The van der Waals surface area contributed by atoms with Gasteiger partial charge in [0.1, 0.15) is 0 Å². The number of rotatable bonds is 1. The lowest BCUT2D eigenvalue weighted by Gasteiger charge is -2.34. The van der Waals surface area contributed by atoms with E-state index in [1.54, 1.807) is 0 Å². The van der Waals surface area contributed by atoms with Crippen LogP contribution >= 0.6 is 0 Å². The molecule has 0 atom stereocenters. The van der Waals surface area contributed by atoms with Gasteiger partial charge in [-0.2, -0.15) is 0 Å². The summed E-state index contributed by atoms with van der Waals surface area (Å²) in [7, 11) is 0. The Kier molecular flexibility index (Phi) is 13.3. The normalized spacial score (nSPS) is 10.0. The Morgan fingerprint density at radius 3 is 0.750 bits per heavy atom. The Bertz CT molecular complexity index is 169. The number of hydrogen-bond donors (Lipinski definition) is 0. The predicted octanol–water partition coefficient (Wildman–Crippen LogP) is 6.49. The maximum Gasteiger partial charge on any atom is -0.0334 e. The fraction of sp³-hybridized carbons (Fsp3) is 0.750. The highest BCUT2D eigenvalue weighted by molar-refractivity contribution is 5.19. The molecule has 0 heteroatoms.